The molecule has 0 aliphatic heterocycles. The van der Waals surface area contributed by atoms with Gasteiger partial charge in [0.15, 0.2) is 0 Å². The van der Waals surface area contributed by atoms with Crippen LogP contribution in [0.2, 0.25) is 0 Å². The van der Waals surface area contributed by atoms with Gasteiger partial charge in [0.1, 0.15) is 0 Å². The van der Waals surface area contributed by atoms with Gasteiger partial charge in [0.05, 0.1) is 17.3 Å². The van der Waals surface area contributed by atoms with E-state index in [4.69, 9.17) is 16.3 Å². The molecular formula is C7H3N7. The predicted molar refractivity (Wildman–Crippen MR) is 48.8 cm³/mol. The lowest BCUT2D eigenvalue weighted by atomic mass is 10.2. The van der Waals surface area contributed by atoms with Crippen molar-refractivity contribution in [2.24, 2.45) is 10.2 Å². The molecule has 0 radical (unpaired) electrons. The summed E-state index contributed by atoms with van der Waals surface area (Å²) in [7, 11) is 0. The summed E-state index contributed by atoms with van der Waals surface area (Å²) in [4.78, 5) is 5.10. The summed E-state index contributed by atoms with van der Waals surface area (Å²) in [6, 6.07) is 6.31. The average molecular weight is 185 g/mol. The summed E-state index contributed by atoms with van der Waals surface area (Å²) in [6.07, 6.45) is 0. The number of nitrogens with zero attached hydrogens (tertiary/aromatic N) is 7. The minimum atomic E-state index is 0.0512. The number of nitriles is 1. The van der Waals surface area contributed by atoms with Gasteiger partial charge in [-0.2, -0.15) is 5.26 Å². The molecule has 0 unspecified atom stereocenters. The second-order valence-corrected chi connectivity index (χ2v) is 2.16. The highest BCUT2D eigenvalue weighted by atomic mass is 15.2. The lowest BCUT2D eigenvalue weighted by Gasteiger charge is -1.98. The van der Waals surface area contributed by atoms with E-state index in [1.54, 1.807) is 6.07 Å². The van der Waals surface area contributed by atoms with Gasteiger partial charge >= 0.3 is 0 Å². The van der Waals surface area contributed by atoms with Crippen LogP contribution in [0.4, 0.5) is 11.4 Å². The van der Waals surface area contributed by atoms with Gasteiger partial charge in [-0.3, -0.25) is 0 Å². The van der Waals surface area contributed by atoms with Gasteiger partial charge in [-0.05, 0) is 17.1 Å². The van der Waals surface area contributed by atoms with E-state index in [2.05, 4.69) is 20.1 Å². The molecule has 0 bridgehead atoms. The third-order valence-corrected chi connectivity index (χ3v) is 1.43. The van der Waals surface area contributed by atoms with E-state index in [-0.39, 0.29) is 16.9 Å². The minimum absolute atomic E-state index is 0.0512. The number of hydrogen-bond donors (Lipinski definition) is 0. The quantitative estimate of drug-likeness (QED) is 0.391. The topological polar surface area (TPSA) is 121 Å². The standard InChI is InChI=1S/C7H3N7/c8-4-5-2-1-3-6(11-13-9)7(5)12-14-10/h1-3H. The molecule has 0 amide bonds. The van der Waals surface area contributed by atoms with Gasteiger partial charge in [0.25, 0.3) is 0 Å². The fourth-order valence-electron chi connectivity index (χ4n) is 0.900. The molecule has 0 aromatic heterocycles. The Morgan fingerprint density at radius 2 is 1.93 bits per heavy atom. The van der Waals surface area contributed by atoms with Crippen molar-refractivity contribution in [1.29, 1.82) is 5.26 Å². The average Bonchev–Trinajstić information content (AvgIpc) is 2.21. The van der Waals surface area contributed by atoms with Crippen molar-refractivity contribution in [1.82, 2.24) is 0 Å². The molecule has 0 N–H and O–H groups in total. The van der Waals surface area contributed by atoms with Crippen molar-refractivity contribution < 1.29 is 0 Å². The van der Waals surface area contributed by atoms with Gasteiger partial charge in [0, 0.05) is 15.5 Å². The van der Waals surface area contributed by atoms with E-state index in [1.165, 1.54) is 12.1 Å². The van der Waals surface area contributed by atoms with E-state index in [0.717, 1.165) is 0 Å². The maximum Gasteiger partial charge on any atom is 0.0996 e. The van der Waals surface area contributed by atoms with Crippen molar-refractivity contribution in [3.8, 4) is 6.07 Å². The maximum atomic E-state index is 8.67. The van der Waals surface area contributed by atoms with E-state index in [9.17, 15) is 0 Å². The number of azide groups is 2. The van der Waals surface area contributed by atoms with Gasteiger partial charge in [-0.15, -0.1) is 0 Å². The Morgan fingerprint density at radius 1 is 1.21 bits per heavy atom. The van der Waals surface area contributed by atoms with Crippen molar-refractivity contribution in [3.63, 3.8) is 0 Å². The molecule has 0 heterocycles. The summed E-state index contributed by atoms with van der Waals surface area (Å²) < 4.78 is 0. The van der Waals surface area contributed by atoms with Crippen LogP contribution in [-0.2, 0) is 0 Å². The summed E-state index contributed by atoms with van der Waals surface area (Å²) >= 11 is 0. The zero-order valence-electron chi connectivity index (χ0n) is 6.86. The Hall–Kier alpha value is -2.67. The third kappa shape index (κ3) is 1.73. The first kappa shape index (κ1) is 9.42. The lowest BCUT2D eigenvalue weighted by molar-refractivity contribution is 1.37. The molecule has 0 saturated heterocycles. The zero-order chi connectivity index (χ0) is 10.4. The van der Waals surface area contributed by atoms with Gasteiger partial charge in [-0.25, -0.2) is 0 Å². The first-order chi connectivity index (χ1) is 6.83. The second kappa shape index (κ2) is 4.38. The Labute approximate surface area is 78.5 Å². The SMILES string of the molecule is N#Cc1cccc(N=[N+]=[N-])c1N=[N+]=[N-]. The molecule has 7 heteroatoms. The highest BCUT2D eigenvalue weighted by Gasteiger charge is 2.03. The summed E-state index contributed by atoms with van der Waals surface area (Å²) in [5, 5.41) is 15.3. The van der Waals surface area contributed by atoms with Crippen molar-refractivity contribution in [2.75, 3.05) is 0 Å². The highest BCUT2D eigenvalue weighted by Crippen LogP contribution is 2.31. The predicted octanol–water partition coefficient (Wildman–Crippen LogP) is 3.44. The molecule has 0 spiro atoms. The Bertz CT molecular complexity index is 485. The van der Waals surface area contributed by atoms with Crippen LogP contribution < -0.4 is 0 Å². The van der Waals surface area contributed by atoms with Crippen LogP contribution in [0.25, 0.3) is 20.9 Å². The minimum Gasteiger partial charge on any atom is -0.192 e. The first-order valence-corrected chi connectivity index (χ1v) is 3.46. The van der Waals surface area contributed by atoms with Crippen LogP contribution in [0.3, 0.4) is 0 Å². The van der Waals surface area contributed by atoms with Crippen LogP contribution in [0.1, 0.15) is 5.56 Å². The van der Waals surface area contributed by atoms with Crippen LogP contribution in [0.15, 0.2) is 28.4 Å². The molecule has 1 aromatic rings. The summed E-state index contributed by atoms with van der Waals surface area (Å²) in [5.41, 5.74) is 16.8. The Kier molecular flexibility index (Phi) is 2.95. The lowest BCUT2D eigenvalue weighted by Crippen LogP contribution is -1.74. The Balaban J connectivity index is 3.51. The maximum absolute atomic E-state index is 8.67. The van der Waals surface area contributed by atoms with Gasteiger partial charge in [0.2, 0.25) is 0 Å². The van der Waals surface area contributed by atoms with Gasteiger partial charge < -0.3 is 0 Å². The smallest absolute Gasteiger partial charge is 0.0996 e. The normalized spacial score (nSPS) is 7.93. The van der Waals surface area contributed by atoms with E-state index in [0.29, 0.717) is 0 Å². The summed E-state index contributed by atoms with van der Waals surface area (Å²) in [6.45, 7) is 0. The van der Waals surface area contributed by atoms with E-state index >= 15 is 0 Å². The molecular weight excluding hydrogens is 182 g/mol. The number of benzene rings is 1. The van der Waals surface area contributed by atoms with Crippen molar-refractivity contribution in [2.45, 2.75) is 0 Å². The van der Waals surface area contributed by atoms with Gasteiger partial charge in [-0.1, -0.05) is 22.4 Å². The molecule has 1 aromatic carbocycles. The van der Waals surface area contributed by atoms with Crippen molar-refractivity contribution >= 4 is 11.4 Å². The zero-order valence-corrected chi connectivity index (χ0v) is 6.86. The Morgan fingerprint density at radius 3 is 2.50 bits per heavy atom. The van der Waals surface area contributed by atoms with Crippen LogP contribution >= 0.6 is 0 Å². The van der Waals surface area contributed by atoms with Crippen LogP contribution in [0.5, 0.6) is 0 Å². The van der Waals surface area contributed by atoms with Crippen LogP contribution in [0, 0.1) is 11.3 Å². The third-order valence-electron chi connectivity index (χ3n) is 1.43. The molecule has 0 aliphatic carbocycles. The summed E-state index contributed by atoms with van der Waals surface area (Å²) in [5.74, 6) is 0. The second-order valence-electron chi connectivity index (χ2n) is 2.16. The molecule has 14 heavy (non-hydrogen) atoms. The molecule has 0 aliphatic rings. The van der Waals surface area contributed by atoms with E-state index in [1.807, 2.05) is 6.07 Å². The number of hydrogen-bond acceptors (Lipinski definition) is 3. The fraction of sp³-hybridized carbons (Fsp3) is 0. The molecule has 0 saturated carbocycles. The molecule has 0 atom stereocenters. The first-order valence-electron chi connectivity index (χ1n) is 3.46. The molecule has 7 nitrogen and oxygen atoms in total. The fourth-order valence-corrected chi connectivity index (χ4v) is 0.900. The number of rotatable bonds is 2. The molecule has 1 rings (SSSR count). The highest BCUT2D eigenvalue weighted by molar-refractivity contribution is 5.69. The monoisotopic (exact) mass is 185 g/mol. The molecule has 66 valence electrons. The molecule has 0 fully saturated rings. The van der Waals surface area contributed by atoms with Crippen molar-refractivity contribution in [3.05, 3.63) is 44.6 Å². The largest absolute Gasteiger partial charge is 0.192 e. The van der Waals surface area contributed by atoms with Crippen LogP contribution in [-0.4, -0.2) is 0 Å². The van der Waals surface area contributed by atoms with E-state index < -0.39 is 0 Å².